The number of carbonyl (C=O) groups excluding carboxylic acids is 2. The molecule has 2 rings (SSSR count). The standard InChI is InChI=1S/C22H27Cl2N3O4S/c1-4-13-25-22(29)16(2)26(14-17-7-5-6-8-20(17)24)21(28)15-27(32(3,30)31)19-11-9-18(23)10-12-19/h5-12,16H,4,13-15H2,1-3H3,(H,25,29). The highest BCUT2D eigenvalue weighted by Gasteiger charge is 2.30. The van der Waals surface area contributed by atoms with Crippen molar-refractivity contribution in [1.82, 2.24) is 10.2 Å². The van der Waals surface area contributed by atoms with E-state index in [1.54, 1.807) is 43.3 Å². The van der Waals surface area contributed by atoms with Gasteiger partial charge in [0.05, 0.1) is 11.9 Å². The highest BCUT2D eigenvalue weighted by Crippen LogP contribution is 2.22. The minimum Gasteiger partial charge on any atom is -0.354 e. The summed E-state index contributed by atoms with van der Waals surface area (Å²) < 4.78 is 25.9. The van der Waals surface area contributed by atoms with Crippen LogP contribution in [0.3, 0.4) is 0 Å². The van der Waals surface area contributed by atoms with E-state index in [0.717, 1.165) is 17.0 Å². The molecule has 7 nitrogen and oxygen atoms in total. The Labute approximate surface area is 199 Å². The molecule has 0 heterocycles. The van der Waals surface area contributed by atoms with Gasteiger partial charge in [-0.1, -0.05) is 48.3 Å². The summed E-state index contributed by atoms with van der Waals surface area (Å²) >= 11 is 12.2. The molecule has 0 bridgehead atoms. The summed E-state index contributed by atoms with van der Waals surface area (Å²) in [5.74, 6) is -0.867. The number of nitrogens with one attached hydrogen (secondary N) is 1. The normalized spacial score (nSPS) is 12.2. The number of hydrogen-bond donors (Lipinski definition) is 1. The number of benzene rings is 2. The van der Waals surface area contributed by atoms with Crippen molar-refractivity contribution in [2.24, 2.45) is 0 Å². The Morgan fingerprint density at radius 2 is 1.69 bits per heavy atom. The van der Waals surface area contributed by atoms with Gasteiger partial charge in [-0.2, -0.15) is 0 Å². The Morgan fingerprint density at radius 3 is 2.25 bits per heavy atom. The molecule has 0 aliphatic carbocycles. The van der Waals surface area contributed by atoms with E-state index >= 15 is 0 Å². The van der Waals surface area contributed by atoms with E-state index in [9.17, 15) is 18.0 Å². The van der Waals surface area contributed by atoms with Crippen LogP contribution in [0.4, 0.5) is 5.69 Å². The Balaban J connectivity index is 2.37. The highest BCUT2D eigenvalue weighted by molar-refractivity contribution is 7.92. The van der Waals surface area contributed by atoms with Crippen LogP contribution in [0.15, 0.2) is 48.5 Å². The average molecular weight is 500 g/mol. The number of amides is 2. The SMILES string of the molecule is CCCNC(=O)C(C)N(Cc1ccccc1Cl)C(=O)CN(c1ccc(Cl)cc1)S(C)(=O)=O. The molecule has 2 amide bonds. The van der Waals surface area contributed by atoms with Gasteiger partial charge in [0.25, 0.3) is 0 Å². The van der Waals surface area contributed by atoms with Crippen LogP contribution in [0.25, 0.3) is 0 Å². The summed E-state index contributed by atoms with van der Waals surface area (Å²) in [5, 5.41) is 3.67. The molecule has 0 aliphatic heterocycles. The summed E-state index contributed by atoms with van der Waals surface area (Å²) in [6.45, 7) is 3.58. The van der Waals surface area contributed by atoms with Crippen LogP contribution >= 0.6 is 23.2 Å². The lowest BCUT2D eigenvalue weighted by Gasteiger charge is -2.31. The molecule has 2 aromatic carbocycles. The quantitative estimate of drug-likeness (QED) is 0.539. The monoisotopic (exact) mass is 499 g/mol. The van der Waals surface area contributed by atoms with Gasteiger partial charge in [-0.25, -0.2) is 8.42 Å². The lowest BCUT2D eigenvalue weighted by molar-refractivity contribution is -0.139. The second kappa shape index (κ2) is 11.5. The van der Waals surface area contributed by atoms with Crippen LogP contribution in [0.1, 0.15) is 25.8 Å². The average Bonchev–Trinajstić information content (AvgIpc) is 2.74. The van der Waals surface area contributed by atoms with Gasteiger partial charge in [-0.05, 0) is 49.2 Å². The number of nitrogens with zero attached hydrogens (tertiary/aromatic N) is 2. The number of sulfonamides is 1. The van der Waals surface area contributed by atoms with Crippen LogP contribution in [0.5, 0.6) is 0 Å². The van der Waals surface area contributed by atoms with E-state index in [1.807, 2.05) is 6.92 Å². The van der Waals surface area contributed by atoms with Crippen LogP contribution in [-0.2, 0) is 26.2 Å². The van der Waals surface area contributed by atoms with E-state index in [4.69, 9.17) is 23.2 Å². The minimum absolute atomic E-state index is 0.0530. The maximum Gasteiger partial charge on any atom is 0.244 e. The molecule has 0 aromatic heterocycles. The Morgan fingerprint density at radius 1 is 1.06 bits per heavy atom. The molecule has 0 aliphatic rings. The molecule has 0 spiro atoms. The third kappa shape index (κ3) is 7.12. The molecule has 32 heavy (non-hydrogen) atoms. The predicted octanol–water partition coefficient (Wildman–Crippen LogP) is 3.70. The number of hydrogen-bond acceptors (Lipinski definition) is 4. The zero-order valence-corrected chi connectivity index (χ0v) is 20.5. The number of rotatable bonds is 10. The first kappa shape index (κ1) is 26.0. The first-order valence-electron chi connectivity index (χ1n) is 10.1. The van der Waals surface area contributed by atoms with E-state index < -0.39 is 28.5 Å². The van der Waals surface area contributed by atoms with Gasteiger partial charge in [-0.3, -0.25) is 13.9 Å². The molecular weight excluding hydrogens is 473 g/mol. The van der Waals surface area contributed by atoms with E-state index in [1.165, 1.54) is 17.0 Å². The molecule has 1 N–H and O–H groups in total. The molecule has 0 radical (unpaired) electrons. The maximum atomic E-state index is 13.3. The Hall–Kier alpha value is -2.29. The van der Waals surface area contributed by atoms with Crippen molar-refractivity contribution in [3.05, 3.63) is 64.1 Å². The van der Waals surface area contributed by atoms with Gasteiger partial charge < -0.3 is 10.2 Å². The van der Waals surface area contributed by atoms with Gasteiger partial charge in [0, 0.05) is 23.1 Å². The Kier molecular flexibility index (Phi) is 9.36. The molecule has 10 heteroatoms. The highest BCUT2D eigenvalue weighted by atomic mass is 35.5. The smallest absolute Gasteiger partial charge is 0.244 e. The van der Waals surface area contributed by atoms with Crippen molar-refractivity contribution < 1.29 is 18.0 Å². The van der Waals surface area contributed by atoms with Crippen molar-refractivity contribution in [1.29, 1.82) is 0 Å². The van der Waals surface area contributed by atoms with Crippen molar-refractivity contribution in [3.8, 4) is 0 Å². The molecule has 0 saturated carbocycles. The van der Waals surface area contributed by atoms with E-state index in [-0.39, 0.29) is 12.5 Å². The van der Waals surface area contributed by atoms with Crippen molar-refractivity contribution in [2.45, 2.75) is 32.9 Å². The molecule has 2 aromatic rings. The van der Waals surface area contributed by atoms with Crippen molar-refractivity contribution in [3.63, 3.8) is 0 Å². The fraction of sp³-hybridized carbons (Fsp3) is 0.364. The van der Waals surface area contributed by atoms with Gasteiger partial charge in [0.15, 0.2) is 0 Å². The van der Waals surface area contributed by atoms with Crippen molar-refractivity contribution in [2.75, 3.05) is 23.7 Å². The Bertz CT molecular complexity index is 1050. The van der Waals surface area contributed by atoms with Crippen molar-refractivity contribution >= 4 is 50.7 Å². The zero-order chi connectivity index (χ0) is 23.9. The van der Waals surface area contributed by atoms with Crippen LogP contribution in [-0.4, -0.2) is 50.5 Å². The molecule has 1 atom stereocenters. The first-order chi connectivity index (χ1) is 15.0. The summed E-state index contributed by atoms with van der Waals surface area (Å²) in [4.78, 5) is 27.3. The fourth-order valence-electron chi connectivity index (χ4n) is 3.01. The van der Waals surface area contributed by atoms with E-state index in [0.29, 0.717) is 27.8 Å². The summed E-state index contributed by atoms with van der Waals surface area (Å²) in [5.41, 5.74) is 0.945. The van der Waals surface area contributed by atoms with Crippen LogP contribution in [0.2, 0.25) is 10.0 Å². The third-order valence-electron chi connectivity index (χ3n) is 4.81. The second-order valence-corrected chi connectivity index (χ2v) is 10.1. The largest absolute Gasteiger partial charge is 0.354 e. The van der Waals surface area contributed by atoms with Crippen LogP contribution < -0.4 is 9.62 Å². The fourth-order valence-corrected chi connectivity index (χ4v) is 4.18. The topological polar surface area (TPSA) is 86.8 Å². The minimum atomic E-state index is -3.78. The molecule has 174 valence electrons. The first-order valence-corrected chi connectivity index (χ1v) is 12.7. The molecule has 0 fully saturated rings. The lowest BCUT2D eigenvalue weighted by atomic mass is 10.1. The van der Waals surface area contributed by atoms with Gasteiger partial charge >= 0.3 is 0 Å². The molecule has 0 saturated heterocycles. The van der Waals surface area contributed by atoms with Gasteiger partial charge in [0.2, 0.25) is 21.8 Å². The maximum absolute atomic E-state index is 13.3. The zero-order valence-electron chi connectivity index (χ0n) is 18.2. The summed E-state index contributed by atoms with van der Waals surface area (Å²) in [7, 11) is -3.78. The number of halogens is 2. The van der Waals surface area contributed by atoms with Crippen LogP contribution in [0, 0.1) is 0 Å². The third-order valence-corrected chi connectivity index (χ3v) is 6.57. The number of carbonyl (C=O) groups is 2. The molecular formula is C22H27Cl2N3O4S. The lowest BCUT2D eigenvalue weighted by Crippen LogP contribution is -2.51. The summed E-state index contributed by atoms with van der Waals surface area (Å²) in [6, 6.07) is 12.3. The van der Waals surface area contributed by atoms with Gasteiger partial charge in [0.1, 0.15) is 12.6 Å². The number of anilines is 1. The molecule has 1 unspecified atom stereocenters. The van der Waals surface area contributed by atoms with E-state index in [2.05, 4.69) is 5.32 Å². The summed E-state index contributed by atoms with van der Waals surface area (Å²) in [6.07, 6.45) is 1.76. The second-order valence-electron chi connectivity index (χ2n) is 7.33. The van der Waals surface area contributed by atoms with Gasteiger partial charge in [-0.15, -0.1) is 0 Å². The predicted molar refractivity (Wildman–Crippen MR) is 128 cm³/mol.